The van der Waals surface area contributed by atoms with Gasteiger partial charge in [0, 0.05) is 17.4 Å². The van der Waals surface area contributed by atoms with Crippen molar-refractivity contribution >= 4 is 40.5 Å². The van der Waals surface area contributed by atoms with Crippen LogP contribution in [0.1, 0.15) is 0 Å². The number of hydrogen-bond acceptors (Lipinski definition) is 4. The summed E-state index contributed by atoms with van der Waals surface area (Å²) in [5.74, 6) is 1.19. The highest BCUT2D eigenvalue weighted by Gasteiger charge is 2.12. The Kier molecular flexibility index (Phi) is 4.79. The second-order valence-corrected chi connectivity index (χ2v) is 5.70. The van der Waals surface area contributed by atoms with Gasteiger partial charge in [0.05, 0.1) is 16.6 Å². The fraction of sp³-hybridized carbons (Fsp3) is 0.188. The third-order valence-corrected chi connectivity index (χ3v) is 3.94. The second kappa shape index (κ2) is 6.98. The van der Waals surface area contributed by atoms with Gasteiger partial charge in [-0.05, 0) is 30.3 Å². The van der Waals surface area contributed by atoms with Crippen LogP contribution < -0.4 is 20.1 Å². The van der Waals surface area contributed by atoms with E-state index in [0.717, 1.165) is 5.69 Å². The van der Waals surface area contributed by atoms with Crippen molar-refractivity contribution in [3.8, 4) is 11.5 Å². The first-order chi connectivity index (χ1) is 11.1. The van der Waals surface area contributed by atoms with Gasteiger partial charge in [-0.1, -0.05) is 23.2 Å². The van der Waals surface area contributed by atoms with Crippen LogP contribution in [-0.2, 0) is 4.79 Å². The third kappa shape index (κ3) is 4.00. The number of fused-ring (bicyclic) bond motifs is 1. The highest BCUT2D eigenvalue weighted by atomic mass is 35.5. The Hall–Kier alpha value is -2.11. The summed E-state index contributed by atoms with van der Waals surface area (Å²) in [7, 11) is 0. The Morgan fingerprint density at radius 1 is 0.957 bits per heavy atom. The molecular formula is C16H14Cl2N2O3. The molecule has 0 atom stereocenters. The lowest BCUT2D eigenvalue weighted by atomic mass is 10.2. The topological polar surface area (TPSA) is 59.6 Å². The van der Waals surface area contributed by atoms with Crippen molar-refractivity contribution < 1.29 is 14.3 Å². The fourth-order valence-corrected chi connectivity index (χ4v) is 2.41. The van der Waals surface area contributed by atoms with E-state index < -0.39 is 0 Å². The Labute approximate surface area is 143 Å². The van der Waals surface area contributed by atoms with Gasteiger partial charge in [-0.2, -0.15) is 0 Å². The maximum atomic E-state index is 12.0. The molecule has 3 rings (SSSR count). The van der Waals surface area contributed by atoms with Crippen molar-refractivity contribution in [2.75, 3.05) is 30.4 Å². The Morgan fingerprint density at radius 2 is 1.70 bits per heavy atom. The van der Waals surface area contributed by atoms with Gasteiger partial charge >= 0.3 is 0 Å². The maximum absolute atomic E-state index is 12.0. The largest absolute Gasteiger partial charge is 0.486 e. The standard InChI is InChI=1S/C16H14Cl2N2O3/c17-12-3-1-11(7-13(12)18)20-16(21)9-19-10-2-4-14-15(8-10)23-6-5-22-14/h1-4,7-8,19H,5-6,9H2,(H,20,21). The van der Waals surface area contributed by atoms with Gasteiger partial charge in [-0.3, -0.25) is 4.79 Å². The fourth-order valence-electron chi connectivity index (χ4n) is 2.11. The minimum Gasteiger partial charge on any atom is -0.486 e. The highest BCUT2D eigenvalue weighted by Crippen LogP contribution is 2.32. The summed E-state index contributed by atoms with van der Waals surface area (Å²) >= 11 is 11.8. The molecule has 0 bridgehead atoms. The Morgan fingerprint density at radius 3 is 2.48 bits per heavy atom. The molecule has 0 spiro atoms. The van der Waals surface area contributed by atoms with Crippen LogP contribution in [0.15, 0.2) is 36.4 Å². The van der Waals surface area contributed by atoms with Crippen LogP contribution in [-0.4, -0.2) is 25.7 Å². The van der Waals surface area contributed by atoms with Crippen molar-refractivity contribution in [2.24, 2.45) is 0 Å². The summed E-state index contributed by atoms with van der Waals surface area (Å²) in [4.78, 5) is 12.0. The van der Waals surface area contributed by atoms with Crippen molar-refractivity contribution in [1.29, 1.82) is 0 Å². The van der Waals surface area contributed by atoms with Crippen LogP contribution in [0.25, 0.3) is 0 Å². The first-order valence-electron chi connectivity index (χ1n) is 7.00. The molecule has 1 aliphatic rings. The lowest BCUT2D eigenvalue weighted by Gasteiger charge is -2.19. The smallest absolute Gasteiger partial charge is 0.243 e. The molecule has 0 unspecified atom stereocenters. The van der Waals surface area contributed by atoms with Crippen LogP contribution in [0.4, 0.5) is 11.4 Å². The molecule has 0 fully saturated rings. The second-order valence-electron chi connectivity index (χ2n) is 4.89. The number of hydrogen-bond donors (Lipinski definition) is 2. The predicted octanol–water partition coefficient (Wildman–Crippen LogP) is 3.82. The summed E-state index contributed by atoms with van der Waals surface area (Å²) < 4.78 is 10.9. The van der Waals surface area contributed by atoms with Crippen molar-refractivity contribution in [3.05, 3.63) is 46.4 Å². The van der Waals surface area contributed by atoms with E-state index in [4.69, 9.17) is 32.7 Å². The summed E-state index contributed by atoms with van der Waals surface area (Å²) in [6.07, 6.45) is 0. The Bertz CT molecular complexity index is 737. The van der Waals surface area contributed by atoms with Gasteiger partial charge in [-0.15, -0.1) is 0 Å². The monoisotopic (exact) mass is 352 g/mol. The molecule has 23 heavy (non-hydrogen) atoms. The lowest BCUT2D eigenvalue weighted by molar-refractivity contribution is -0.114. The van der Waals surface area contributed by atoms with Crippen LogP contribution in [0.5, 0.6) is 11.5 Å². The van der Waals surface area contributed by atoms with E-state index in [1.807, 2.05) is 12.1 Å². The molecule has 7 heteroatoms. The van der Waals surface area contributed by atoms with Crippen LogP contribution >= 0.6 is 23.2 Å². The van der Waals surface area contributed by atoms with Crippen LogP contribution in [0.2, 0.25) is 10.0 Å². The van der Waals surface area contributed by atoms with E-state index in [2.05, 4.69) is 10.6 Å². The molecule has 120 valence electrons. The van der Waals surface area contributed by atoms with Gasteiger partial charge in [-0.25, -0.2) is 0 Å². The summed E-state index contributed by atoms with van der Waals surface area (Å²) in [5.41, 5.74) is 1.37. The zero-order valence-electron chi connectivity index (χ0n) is 12.1. The molecule has 2 N–H and O–H groups in total. The molecule has 0 saturated carbocycles. The van der Waals surface area contributed by atoms with Crippen LogP contribution in [0, 0.1) is 0 Å². The third-order valence-electron chi connectivity index (χ3n) is 3.20. The minimum absolute atomic E-state index is 0.111. The van der Waals surface area contributed by atoms with E-state index in [0.29, 0.717) is 40.4 Å². The molecule has 2 aromatic carbocycles. The number of benzene rings is 2. The summed E-state index contributed by atoms with van der Waals surface area (Å²) in [6, 6.07) is 10.4. The summed E-state index contributed by atoms with van der Waals surface area (Å²) in [6.45, 7) is 1.18. The number of amides is 1. The first-order valence-corrected chi connectivity index (χ1v) is 7.76. The van der Waals surface area contributed by atoms with Crippen molar-refractivity contribution in [1.82, 2.24) is 0 Å². The van der Waals surface area contributed by atoms with E-state index in [9.17, 15) is 4.79 Å². The maximum Gasteiger partial charge on any atom is 0.243 e. The van der Waals surface area contributed by atoms with Crippen molar-refractivity contribution in [2.45, 2.75) is 0 Å². The minimum atomic E-state index is -0.196. The average molecular weight is 353 g/mol. The number of rotatable bonds is 4. The molecule has 1 amide bonds. The average Bonchev–Trinajstić information content (AvgIpc) is 2.56. The number of carbonyl (C=O) groups excluding carboxylic acids is 1. The molecule has 1 aliphatic heterocycles. The van der Waals surface area contributed by atoms with Gasteiger partial charge < -0.3 is 20.1 Å². The molecule has 0 saturated heterocycles. The van der Waals surface area contributed by atoms with Crippen LogP contribution in [0.3, 0.4) is 0 Å². The molecule has 0 radical (unpaired) electrons. The molecule has 0 aliphatic carbocycles. The van der Waals surface area contributed by atoms with E-state index in [-0.39, 0.29) is 12.5 Å². The van der Waals surface area contributed by atoms with Crippen molar-refractivity contribution in [3.63, 3.8) is 0 Å². The van der Waals surface area contributed by atoms with Gasteiger partial charge in [0.2, 0.25) is 5.91 Å². The quantitative estimate of drug-likeness (QED) is 0.878. The van der Waals surface area contributed by atoms with Gasteiger partial charge in [0.1, 0.15) is 13.2 Å². The number of carbonyl (C=O) groups is 1. The number of anilines is 2. The zero-order valence-corrected chi connectivity index (χ0v) is 13.6. The van der Waals surface area contributed by atoms with E-state index >= 15 is 0 Å². The molecule has 1 heterocycles. The first kappa shape index (κ1) is 15.8. The normalized spacial score (nSPS) is 12.6. The summed E-state index contributed by atoms with van der Waals surface area (Å²) in [5, 5.41) is 6.61. The molecule has 0 aromatic heterocycles. The lowest BCUT2D eigenvalue weighted by Crippen LogP contribution is -2.22. The van der Waals surface area contributed by atoms with E-state index in [1.54, 1.807) is 24.3 Å². The van der Waals surface area contributed by atoms with E-state index in [1.165, 1.54) is 0 Å². The predicted molar refractivity (Wildman–Crippen MR) is 91.0 cm³/mol. The SMILES string of the molecule is O=C(CNc1ccc2c(c1)OCCO2)Nc1ccc(Cl)c(Cl)c1. The highest BCUT2D eigenvalue weighted by molar-refractivity contribution is 6.42. The van der Waals surface area contributed by atoms with Gasteiger partial charge in [0.25, 0.3) is 0 Å². The number of halogens is 2. The Balaban J connectivity index is 1.57. The number of nitrogens with one attached hydrogen (secondary N) is 2. The number of ether oxygens (including phenoxy) is 2. The van der Waals surface area contributed by atoms with Gasteiger partial charge in [0.15, 0.2) is 11.5 Å². The molecule has 5 nitrogen and oxygen atoms in total. The molecular weight excluding hydrogens is 339 g/mol. The molecule has 2 aromatic rings. The zero-order chi connectivity index (χ0) is 16.2.